The lowest BCUT2D eigenvalue weighted by Crippen LogP contribution is -2.30. The van der Waals surface area contributed by atoms with Crippen LogP contribution in [0.25, 0.3) is 11.1 Å². The molecule has 3 rings (SSSR count). The van der Waals surface area contributed by atoms with Crippen LogP contribution in [-0.4, -0.2) is 32.9 Å². The third-order valence-electron chi connectivity index (χ3n) is 4.07. The highest BCUT2D eigenvalue weighted by atomic mass is 32.2. The smallest absolute Gasteiger partial charge is 0.228 e. The zero-order chi connectivity index (χ0) is 16.4. The Morgan fingerprint density at radius 1 is 1.09 bits per heavy atom. The van der Waals surface area contributed by atoms with Crippen LogP contribution in [0.4, 0.5) is 5.69 Å². The number of benzene rings is 2. The number of hydrogen-bond acceptors (Lipinski definition) is 3. The van der Waals surface area contributed by atoms with Crippen molar-refractivity contribution in [2.24, 2.45) is 0 Å². The fraction of sp³-hybridized carbons (Fsp3) is 0.278. The molecule has 1 heterocycles. The van der Waals surface area contributed by atoms with Gasteiger partial charge in [-0.05, 0) is 35.2 Å². The molecule has 23 heavy (non-hydrogen) atoms. The lowest BCUT2D eigenvalue weighted by Gasteiger charge is -2.17. The molecule has 0 saturated heterocycles. The van der Waals surface area contributed by atoms with Gasteiger partial charge in [-0.1, -0.05) is 36.4 Å². The molecule has 1 aliphatic rings. The fourth-order valence-electron chi connectivity index (χ4n) is 2.88. The van der Waals surface area contributed by atoms with E-state index in [0.29, 0.717) is 6.54 Å². The molecule has 5 heteroatoms. The van der Waals surface area contributed by atoms with Crippen molar-refractivity contribution in [1.29, 1.82) is 0 Å². The summed E-state index contributed by atoms with van der Waals surface area (Å²) < 4.78 is 22.5. The third-order valence-corrected chi connectivity index (χ3v) is 5.02. The molecule has 4 nitrogen and oxygen atoms in total. The number of carbonyl (C=O) groups is 1. The average molecular weight is 329 g/mol. The number of hydrogen-bond donors (Lipinski definition) is 0. The second-order valence-electron chi connectivity index (χ2n) is 5.88. The quantitative estimate of drug-likeness (QED) is 0.866. The summed E-state index contributed by atoms with van der Waals surface area (Å²) in [4.78, 5) is 14.0. The topological polar surface area (TPSA) is 54.5 Å². The molecule has 0 bridgehead atoms. The predicted octanol–water partition coefficient (Wildman–Crippen LogP) is 2.68. The van der Waals surface area contributed by atoms with Gasteiger partial charge in [0.1, 0.15) is 9.84 Å². The molecule has 1 amide bonds. The van der Waals surface area contributed by atoms with E-state index in [-0.39, 0.29) is 18.1 Å². The fourth-order valence-corrected chi connectivity index (χ4v) is 3.42. The van der Waals surface area contributed by atoms with Gasteiger partial charge >= 0.3 is 0 Å². The summed E-state index contributed by atoms with van der Waals surface area (Å²) in [5, 5.41) is 0. The Morgan fingerprint density at radius 3 is 2.52 bits per heavy atom. The van der Waals surface area contributed by atoms with Crippen molar-refractivity contribution >= 4 is 21.4 Å². The van der Waals surface area contributed by atoms with Crippen molar-refractivity contribution < 1.29 is 13.2 Å². The zero-order valence-corrected chi connectivity index (χ0v) is 13.8. The van der Waals surface area contributed by atoms with E-state index in [9.17, 15) is 13.2 Å². The minimum absolute atomic E-state index is 0.0404. The summed E-state index contributed by atoms with van der Waals surface area (Å²) in [7, 11) is -3.12. The molecule has 120 valence electrons. The van der Waals surface area contributed by atoms with Gasteiger partial charge in [0.05, 0.1) is 5.75 Å². The molecule has 0 fully saturated rings. The van der Waals surface area contributed by atoms with Gasteiger partial charge in [-0.25, -0.2) is 8.42 Å². The summed E-state index contributed by atoms with van der Waals surface area (Å²) in [6.07, 6.45) is 2.00. The largest absolute Gasteiger partial charge is 0.312 e. The van der Waals surface area contributed by atoms with E-state index < -0.39 is 9.84 Å². The van der Waals surface area contributed by atoms with E-state index in [1.165, 1.54) is 0 Å². The van der Waals surface area contributed by atoms with Crippen molar-refractivity contribution in [3.8, 4) is 11.1 Å². The second-order valence-corrected chi connectivity index (χ2v) is 8.14. The Kier molecular flexibility index (Phi) is 4.22. The maximum atomic E-state index is 12.3. The van der Waals surface area contributed by atoms with Gasteiger partial charge in [0, 0.05) is 24.9 Å². The summed E-state index contributed by atoms with van der Waals surface area (Å²) in [6.45, 7) is 0.621. The number of anilines is 1. The van der Waals surface area contributed by atoms with E-state index in [1.807, 2.05) is 30.3 Å². The minimum atomic E-state index is -3.12. The number of sulfone groups is 1. The SMILES string of the molecule is CS(=O)(=O)CCC(=O)N1CCc2cc(-c3ccccc3)ccc21. The van der Waals surface area contributed by atoms with Gasteiger partial charge in [0.2, 0.25) is 5.91 Å². The molecule has 0 spiro atoms. The summed E-state index contributed by atoms with van der Waals surface area (Å²) in [5.74, 6) is -0.221. The molecule has 0 radical (unpaired) electrons. The molecule has 0 unspecified atom stereocenters. The van der Waals surface area contributed by atoms with Crippen LogP contribution in [0.15, 0.2) is 48.5 Å². The van der Waals surface area contributed by atoms with Gasteiger partial charge in [-0.15, -0.1) is 0 Å². The first-order valence-corrected chi connectivity index (χ1v) is 9.66. The van der Waals surface area contributed by atoms with E-state index in [2.05, 4.69) is 18.2 Å². The first kappa shape index (κ1) is 15.7. The van der Waals surface area contributed by atoms with Gasteiger partial charge < -0.3 is 4.90 Å². The molecule has 0 atom stereocenters. The maximum absolute atomic E-state index is 12.3. The van der Waals surface area contributed by atoms with Crippen molar-refractivity contribution in [2.45, 2.75) is 12.8 Å². The molecule has 0 N–H and O–H groups in total. The highest BCUT2D eigenvalue weighted by molar-refractivity contribution is 7.90. The summed E-state index contributed by atoms with van der Waals surface area (Å²) in [6, 6.07) is 16.2. The number of nitrogens with zero attached hydrogens (tertiary/aromatic N) is 1. The van der Waals surface area contributed by atoms with Gasteiger partial charge in [0.25, 0.3) is 0 Å². The van der Waals surface area contributed by atoms with Crippen LogP contribution in [0.2, 0.25) is 0 Å². The van der Waals surface area contributed by atoms with E-state index in [4.69, 9.17) is 0 Å². The Labute approximate surface area is 136 Å². The van der Waals surface area contributed by atoms with Gasteiger partial charge in [0.15, 0.2) is 0 Å². The highest BCUT2D eigenvalue weighted by Crippen LogP contribution is 2.32. The molecule has 0 aliphatic carbocycles. The molecule has 0 saturated carbocycles. The number of amides is 1. The minimum Gasteiger partial charge on any atom is -0.312 e. The van der Waals surface area contributed by atoms with Crippen LogP contribution < -0.4 is 4.90 Å². The Bertz CT molecular complexity index is 829. The first-order chi connectivity index (χ1) is 10.9. The van der Waals surface area contributed by atoms with Crippen LogP contribution in [0, 0.1) is 0 Å². The number of carbonyl (C=O) groups excluding carboxylic acids is 1. The standard InChI is InChI=1S/C18H19NO3S/c1-23(21,22)12-10-18(20)19-11-9-16-13-15(7-8-17(16)19)14-5-3-2-4-6-14/h2-8,13H,9-12H2,1H3. The van der Waals surface area contributed by atoms with Crippen LogP contribution in [0.5, 0.6) is 0 Å². The first-order valence-electron chi connectivity index (χ1n) is 7.60. The van der Waals surface area contributed by atoms with Crippen LogP contribution >= 0.6 is 0 Å². The van der Waals surface area contributed by atoms with Crippen molar-refractivity contribution in [3.63, 3.8) is 0 Å². The molecule has 2 aromatic carbocycles. The van der Waals surface area contributed by atoms with Crippen molar-refractivity contribution in [2.75, 3.05) is 23.5 Å². The third kappa shape index (κ3) is 3.62. The van der Waals surface area contributed by atoms with Crippen molar-refractivity contribution in [3.05, 3.63) is 54.1 Å². The zero-order valence-electron chi connectivity index (χ0n) is 13.0. The molecule has 0 aromatic heterocycles. The van der Waals surface area contributed by atoms with Crippen LogP contribution in [0.1, 0.15) is 12.0 Å². The Hall–Kier alpha value is -2.14. The van der Waals surface area contributed by atoms with Crippen molar-refractivity contribution in [1.82, 2.24) is 0 Å². The second kappa shape index (κ2) is 6.16. The highest BCUT2D eigenvalue weighted by Gasteiger charge is 2.25. The Balaban J connectivity index is 1.80. The lowest BCUT2D eigenvalue weighted by molar-refractivity contribution is -0.118. The van der Waals surface area contributed by atoms with Crippen LogP contribution in [0.3, 0.4) is 0 Å². The molecule has 1 aliphatic heterocycles. The lowest BCUT2D eigenvalue weighted by atomic mass is 10.0. The van der Waals surface area contributed by atoms with E-state index in [1.54, 1.807) is 4.90 Å². The van der Waals surface area contributed by atoms with E-state index in [0.717, 1.165) is 35.1 Å². The van der Waals surface area contributed by atoms with Crippen LogP contribution in [-0.2, 0) is 21.1 Å². The number of fused-ring (bicyclic) bond motifs is 1. The average Bonchev–Trinajstić information content (AvgIpc) is 2.96. The summed E-state index contributed by atoms with van der Waals surface area (Å²) in [5.41, 5.74) is 4.33. The summed E-state index contributed by atoms with van der Waals surface area (Å²) >= 11 is 0. The molecular weight excluding hydrogens is 310 g/mol. The van der Waals surface area contributed by atoms with Gasteiger partial charge in [-0.2, -0.15) is 0 Å². The van der Waals surface area contributed by atoms with Gasteiger partial charge in [-0.3, -0.25) is 4.79 Å². The Morgan fingerprint density at radius 2 is 1.83 bits per heavy atom. The molecule has 2 aromatic rings. The number of rotatable bonds is 4. The normalized spacial score (nSPS) is 13.9. The predicted molar refractivity (Wildman–Crippen MR) is 92.3 cm³/mol. The molecular formula is C18H19NO3S. The maximum Gasteiger partial charge on any atom is 0.228 e. The monoisotopic (exact) mass is 329 g/mol. The van der Waals surface area contributed by atoms with E-state index >= 15 is 0 Å².